The average Bonchev–Trinajstić information content (AvgIpc) is 3.31. The van der Waals surface area contributed by atoms with Crippen molar-refractivity contribution in [3.05, 3.63) is 28.2 Å². The van der Waals surface area contributed by atoms with Crippen molar-refractivity contribution in [1.82, 2.24) is 5.32 Å². The van der Waals surface area contributed by atoms with E-state index in [4.69, 9.17) is 23.2 Å². The van der Waals surface area contributed by atoms with Gasteiger partial charge in [-0.15, -0.1) is 0 Å². The topological polar surface area (TPSA) is 66.5 Å². The highest BCUT2D eigenvalue weighted by Crippen LogP contribution is 2.34. The summed E-state index contributed by atoms with van der Waals surface area (Å²) in [5.41, 5.74) is 0.219. The molecule has 1 saturated carbocycles. The first-order chi connectivity index (χ1) is 10.5. The fourth-order valence-electron chi connectivity index (χ4n) is 2.04. The molecule has 2 amide bonds. The lowest BCUT2D eigenvalue weighted by atomic mass is 10.1. The van der Waals surface area contributed by atoms with E-state index < -0.39 is 17.7 Å². The molecule has 0 bridgehead atoms. The molecule has 7 heteroatoms. The van der Waals surface area contributed by atoms with Crippen LogP contribution in [0.4, 0.5) is 5.69 Å². The number of benzene rings is 1. The number of anilines is 1. The molecule has 1 aliphatic rings. The summed E-state index contributed by atoms with van der Waals surface area (Å²) in [6, 6.07) is 3.76. The summed E-state index contributed by atoms with van der Waals surface area (Å²) < 4.78 is 0. The van der Waals surface area contributed by atoms with Crippen molar-refractivity contribution in [2.75, 3.05) is 11.4 Å². The Balaban J connectivity index is 2.13. The number of halogens is 2. The lowest BCUT2D eigenvalue weighted by molar-refractivity contribution is -0.138. The van der Waals surface area contributed by atoms with E-state index in [-0.39, 0.29) is 15.7 Å². The highest BCUT2D eigenvalue weighted by molar-refractivity contribution is 6.41. The molecule has 1 fully saturated rings. The number of carbonyl (C=O) groups excluding carboxylic acids is 3. The number of amides is 2. The number of para-hydroxylation sites is 1. The molecule has 1 aromatic rings. The van der Waals surface area contributed by atoms with Crippen molar-refractivity contribution in [3.63, 3.8) is 0 Å². The van der Waals surface area contributed by atoms with Gasteiger partial charge >= 0.3 is 0 Å². The molecule has 118 valence electrons. The van der Waals surface area contributed by atoms with Crippen molar-refractivity contribution in [3.8, 4) is 0 Å². The maximum atomic E-state index is 12.2. The number of hydrogen-bond acceptors (Lipinski definition) is 3. The number of rotatable bonds is 7. The van der Waals surface area contributed by atoms with Gasteiger partial charge < -0.3 is 10.2 Å². The number of nitrogens with zero attached hydrogens (tertiary/aromatic N) is 1. The van der Waals surface area contributed by atoms with Crippen molar-refractivity contribution in [2.24, 2.45) is 5.92 Å². The second kappa shape index (κ2) is 7.11. The van der Waals surface area contributed by atoms with Crippen molar-refractivity contribution >= 4 is 47.0 Å². The van der Waals surface area contributed by atoms with E-state index in [1.165, 1.54) is 6.92 Å². The van der Waals surface area contributed by atoms with E-state index in [0.29, 0.717) is 18.9 Å². The lowest BCUT2D eigenvalue weighted by Gasteiger charge is -2.25. The van der Waals surface area contributed by atoms with Crippen LogP contribution in [0.15, 0.2) is 18.2 Å². The lowest BCUT2D eigenvalue weighted by Crippen LogP contribution is -2.46. The summed E-state index contributed by atoms with van der Waals surface area (Å²) >= 11 is 12.1. The maximum Gasteiger partial charge on any atom is 0.289 e. The predicted octanol–water partition coefficient (Wildman–Crippen LogP) is 2.44. The largest absolute Gasteiger partial charge is 0.349 e. The third-order valence-corrected chi connectivity index (χ3v) is 4.19. The standard InChI is InChI=1S/C15H16Cl2N2O3/c1-9(14(21)15(22)18-7-10-5-6-10)19(8-20)13-11(16)3-2-4-12(13)17/h2-4,8-10H,5-7H2,1H3,(H,18,22). The number of Topliss-reactive ketones (excluding diaryl/α,β-unsaturated/α-hetero) is 1. The number of carbonyl (C=O) groups is 3. The third-order valence-electron chi connectivity index (χ3n) is 3.58. The first-order valence-electron chi connectivity index (χ1n) is 6.95. The minimum Gasteiger partial charge on any atom is -0.349 e. The zero-order valence-electron chi connectivity index (χ0n) is 12.0. The van der Waals surface area contributed by atoms with Gasteiger partial charge in [0.15, 0.2) is 0 Å². The number of ketones is 1. The molecule has 0 heterocycles. The van der Waals surface area contributed by atoms with Crippen LogP contribution in [0, 0.1) is 5.92 Å². The van der Waals surface area contributed by atoms with Gasteiger partial charge in [0.2, 0.25) is 12.2 Å². The van der Waals surface area contributed by atoms with Gasteiger partial charge in [-0.1, -0.05) is 29.3 Å². The Bertz CT molecular complexity index is 582. The van der Waals surface area contributed by atoms with Gasteiger partial charge in [-0.2, -0.15) is 0 Å². The van der Waals surface area contributed by atoms with Crippen molar-refractivity contribution in [2.45, 2.75) is 25.8 Å². The molecule has 22 heavy (non-hydrogen) atoms. The van der Waals surface area contributed by atoms with Crippen molar-refractivity contribution < 1.29 is 14.4 Å². The normalized spacial score (nSPS) is 15.0. The van der Waals surface area contributed by atoms with Crippen LogP contribution in [-0.2, 0) is 14.4 Å². The summed E-state index contributed by atoms with van der Waals surface area (Å²) in [7, 11) is 0. The summed E-state index contributed by atoms with van der Waals surface area (Å²) in [5.74, 6) is -0.939. The Morgan fingerprint density at radius 3 is 2.45 bits per heavy atom. The second-order valence-electron chi connectivity index (χ2n) is 5.28. The smallest absolute Gasteiger partial charge is 0.289 e. The van der Waals surface area contributed by atoms with E-state index in [0.717, 1.165) is 17.7 Å². The Morgan fingerprint density at radius 2 is 1.95 bits per heavy atom. The minimum absolute atomic E-state index is 0.219. The molecule has 0 aliphatic heterocycles. The Morgan fingerprint density at radius 1 is 1.36 bits per heavy atom. The SMILES string of the molecule is CC(C(=O)C(=O)NCC1CC1)N(C=O)c1c(Cl)cccc1Cl. The molecule has 1 aliphatic carbocycles. The van der Waals surface area contributed by atoms with E-state index in [1.54, 1.807) is 18.2 Å². The van der Waals surface area contributed by atoms with Crippen molar-refractivity contribution in [1.29, 1.82) is 0 Å². The molecule has 2 rings (SSSR count). The molecule has 0 spiro atoms. The van der Waals surface area contributed by atoms with Gasteiger partial charge in [0.1, 0.15) is 6.04 Å². The number of nitrogens with one attached hydrogen (secondary N) is 1. The van der Waals surface area contributed by atoms with Crippen LogP contribution in [0.1, 0.15) is 19.8 Å². The molecule has 0 aromatic heterocycles. The Labute approximate surface area is 138 Å². The Kier molecular flexibility index (Phi) is 5.42. The molecule has 0 radical (unpaired) electrons. The van der Waals surface area contributed by atoms with Crippen LogP contribution in [0.5, 0.6) is 0 Å². The summed E-state index contributed by atoms with van der Waals surface area (Å²) in [4.78, 5) is 36.5. The zero-order valence-corrected chi connectivity index (χ0v) is 13.5. The minimum atomic E-state index is -0.992. The molecule has 1 N–H and O–H groups in total. The predicted molar refractivity (Wildman–Crippen MR) is 85.2 cm³/mol. The van der Waals surface area contributed by atoms with Crippen LogP contribution in [0.3, 0.4) is 0 Å². The van der Waals surface area contributed by atoms with Crippen LogP contribution >= 0.6 is 23.2 Å². The average molecular weight is 343 g/mol. The van der Waals surface area contributed by atoms with Crippen LogP contribution in [0.2, 0.25) is 10.0 Å². The molecule has 1 atom stereocenters. The van der Waals surface area contributed by atoms with Crippen LogP contribution in [-0.4, -0.2) is 30.7 Å². The fraction of sp³-hybridized carbons (Fsp3) is 0.400. The van der Waals surface area contributed by atoms with Gasteiger partial charge in [0.25, 0.3) is 5.91 Å². The monoisotopic (exact) mass is 342 g/mol. The van der Waals surface area contributed by atoms with Gasteiger partial charge in [-0.05, 0) is 37.8 Å². The summed E-state index contributed by atoms with van der Waals surface area (Å²) in [5, 5.41) is 3.06. The summed E-state index contributed by atoms with van der Waals surface area (Å²) in [6.07, 6.45) is 2.59. The van der Waals surface area contributed by atoms with E-state index in [9.17, 15) is 14.4 Å². The van der Waals surface area contributed by atoms with E-state index in [1.807, 2.05) is 0 Å². The third kappa shape index (κ3) is 3.78. The molecule has 1 aromatic carbocycles. The van der Waals surface area contributed by atoms with Crippen LogP contribution in [0.25, 0.3) is 0 Å². The highest BCUT2D eigenvalue weighted by atomic mass is 35.5. The second-order valence-corrected chi connectivity index (χ2v) is 6.09. The first kappa shape index (κ1) is 16.8. The van der Waals surface area contributed by atoms with E-state index in [2.05, 4.69) is 5.32 Å². The maximum absolute atomic E-state index is 12.2. The quantitative estimate of drug-likeness (QED) is 0.611. The molecular formula is C15H16Cl2N2O3. The fourth-order valence-corrected chi connectivity index (χ4v) is 2.63. The highest BCUT2D eigenvalue weighted by Gasteiger charge is 2.30. The van der Waals surface area contributed by atoms with Crippen LogP contribution < -0.4 is 10.2 Å². The molecular weight excluding hydrogens is 327 g/mol. The Hall–Kier alpha value is -1.59. The molecule has 1 unspecified atom stereocenters. The molecule has 0 saturated heterocycles. The van der Waals surface area contributed by atoms with Gasteiger partial charge in [0, 0.05) is 6.54 Å². The van der Waals surface area contributed by atoms with Gasteiger partial charge in [-0.25, -0.2) is 0 Å². The zero-order chi connectivity index (χ0) is 16.3. The van der Waals surface area contributed by atoms with Gasteiger partial charge in [0.05, 0.1) is 15.7 Å². The van der Waals surface area contributed by atoms with E-state index >= 15 is 0 Å². The summed E-state index contributed by atoms with van der Waals surface area (Å²) in [6.45, 7) is 1.96. The first-order valence-corrected chi connectivity index (χ1v) is 7.71. The number of hydrogen-bond donors (Lipinski definition) is 1. The van der Waals surface area contributed by atoms with Gasteiger partial charge in [-0.3, -0.25) is 14.4 Å². The molecule has 5 nitrogen and oxygen atoms in total.